The van der Waals surface area contributed by atoms with Gasteiger partial charge in [0, 0.05) is 16.9 Å². The number of carbonyl (C=O) groups is 1. The summed E-state index contributed by atoms with van der Waals surface area (Å²) in [6.45, 7) is 0. The molecule has 2 radical (unpaired) electrons. The molecule has 0 aliphatic carbocycles. The van der Waals surface area contributed by atoms with Crippen molar-refractivity contribution in [2.45, 2.75) is 106 Å². The molecule has 3 atom stereocenters. The van der Waals surface area contributed by atoms with Crippen molar-refractivity contribution in [2.24, 2.45) is 5.73 Å². The van der Waals surface area contributed by atoms with Crippen molar-refractivity contribution in [1.82, 2.24) is 0 Å². The van der Waals surface area contributed by atoms with Gasteiger partial charge in [0.2, 0.25) is 0 Å². The van der Waals surface area contributed by atoms with Gasteiger partial charge >= 0.3 is 5.97 Å². The lowest BCUT2D eigenvalue weighted by Crippen LogP contribution is -2.18. The SMILES string of the molecule is [B]C(N)CCCCCC1CCCCCC(CCCCC(=O)O)SS1. The van der Waals surface area contributed by atoms with E-state index in [1.807, 2.05) is 0 Å². The third-order valence-electron chi connectivity index (χ3n) is 4.61. The average molecular weight is 371 g/mol. The lowest BCUT2D eigenvalue weighted by atomic mass is 9.92. The lowest BCUT2D eigenvalue weighted by molar-refractivity contribution is -0.137. The summed E-state index contributed by atoms with van der Waals surface area (Å²) in [6, 6.07) is 0. The van der Waals surface area contributed by atoms with E-state index in [0.717, 1.165) is 30.9 Å². The molecule has 0 aromatic heterocycles. The minimum atomic E-state index is -0.665. The first-order valence-electron chi connectivity index (χ1n) is 9.63. The highest BCUT2D eigenvalue weighted by Crippen LogP contribution is 2.41. The highest BCUT2D eigenvalue weighted by Gasteiger charge is 2.17. The van der Waals surface area contributed by atoms with Crippen molar-refractivity contribution in [2.75, 3.05) is 0 Å². The van der Waals surface area contributed by atoms with Crippen LogP contribution >= 0.6 is 21.6 Å². The van der Waals surface area contributed by atoms with Gasteiger partial charge in [0.1, 0.15) is 0 Å². The summed E-state index contributed by atoms with van der Waals surface area (Å²) >= 11 is 0. The van der Waals surface area contributed by atoms with Crippen LogP contribution in [0.4, 0.5) is 0 Å². The van der Waals surface area contributed by atoms with Crippen LogP contribution in [0.3, 0.4) is 0 Å². The Balaban J connectivity index is 2.20. The van der Waals surface area contributed by atoms with Crippen LogP contribution < -0.4 is 5.73 Å². The average Bonchev–Trinajstić information content (AvgIpc) is 2.63. The molecular weight excluding hydrogens is 337 g/mol. The van der Waals surface area contributed by atoms with Gasteiger partial charge in [-0.2, -0.15) is 0 Å². The molecule has 24 heavy (non-hydrogen) atoms. The molecule has 3 nitrogen and oxygen atoms in total. The van der Waals surface area contributed by atoms with E-state index >= 15 is 0 Å². The van der Waals surface area contributed by atoms with Crippen LogP contribution in [0.2, 0.25) is 0 Å². The van der Waals surface area contributed by atoms with Crippen LogP contribution in [-0.2, 0) is 4.79 Å². The molecule has 0 aromatic carbocycles. The van der Waals surface area contributed by atoms with Crippen molar-refractivity contribution < 1.29 is 9.90 Å². The van der Waals surface area contributed by atoms with Gasteiger partial charge in [-0.3, -0.25) is 4.79 Å². The van der Waals surface area contributed by atoms with Crippen LogP contribution in [0.1, 0.15) is 89.9 Å². The Hall–Kier alpha value is 0.195. The Morgan fingerprint density at radius 2 is 1.58 bits per heavy atom. The maximum atomic E-state index is 10.6. The third-order valence-corrected chi connectivity index (χ3v) is 8.17. The van der Waals surface area contributed by atoms with Crippen molar-refractivity contribution in [3.63, 3.8) is 0 Å². The first-order chi connectivity index (χ1) is 11.6. The molecule has 0 saturated carbocycles. The number of aliphatic carboxylic acids is 1. The number of unbranched alkanes of at least 4 members (excludes halogenated alkanes) is 3. The first kappa shape index (κ1) is 22.2. The standard InChI is InChI=1S/C18H34BNO2S2/c19-17(20)13-6-2-5-11-15-9-3-1-4-10-16(24-23-15)12-7-8-14-18(21)22/h15-17H,1-14,20H2,(H,21,22). The second-order valence-corrected chi connectivity index (χ2v) is 9.89. The van der Waals surface area contributed by atoms with E-state index in [4.69, 9.17) is 18.7 Å². The topological polar surface area (TPSA) is 63.3 Å². The second-order valence-electron chi connectivity index (χ2n) is 7.02. The summed E-state index contributed by atoms with van der Waals surface area (Å²) in [5.41, 5.74) is 5.59. The molecule has 1 rings (SSSR count). The predicted octanol–water partition coefficient (Wildman–Crippen LogP) is 5.12. The van der Waals surface area contributed by atoms with E-state index in [-0.39, 0.29) is 5.94 Å². The minimum absolute atomic E-state index is 0.151. The summed E-state index contributed by atoms with van der Waals surface area (Å²) in [6.07, 6.45) is 16.0. The number of carboxylic acid groups (broad SMARTS) is 1. The molecule has 3 N–H and O–H groups in total. The Kier molecular flexibility index (Phi) is 13.3. The summed E-state index contributed by atoms with van der Waals surface area (Å²) in [5.74, 6) is -0.816. The van der Waals surface area contributed by atoms with Crippen molar-refractivity contribution in [1.29, 1.82) is 0 Å². The van der Waals surface area contributed by atoms with Gasteiger partial charge in [-0.25, -0.2) is 0 Å². The Morgan fingerprint density at radius 1 is 1.00 bits per heavy atom. The molecule has 1 aliphatic rings. The van der Waals surface area contributed by atoms with Crippen molar-refractivity contribution in [3.8, 4) is 0 Å². The van der Waals surface area contributed by atoms with Crippen molar-refractivity contribution in [3.05, 3.63) is 0 Å². The monoisotopic (exact) mass is 371 g/mol. The van der Waals surface area contributed by atoms with Gasteiger partial charge in [0.15, 0.2) is 0 Å². The summed E-state index contributed by atoms with van der Waals surface area (Å²) in [5, 5.41) is 10.2. The zero-order valence-corrected chi connectivity index (χ0v) is 16.6. The van der Waals surface area contributed by atoms with E-state index in [9.17, 15) is 4.79 Å². The molecule has 1 aliphatic heterocycles. The molecule has 1 fully saturated rings. The number of hydrogen-bond acceptors (Lipinski definition) is 4. The third kappa shape index (κ3) is 12.5. The summed E-state index contributed by atoms with van der Waals surface area (Å²) < 4.78 is 0. The summed E-state index contributed by atoms with van der Waals surface area (Å²) in [7, 11) is 9.77. The van der Waals surface area contributed by atoms with Crippen LogP contribution in [0, 0.1) is 0 Å². The Labute approximate surface area is 157 Å². The van der Waals surface area contributed by atoms with Crippen LogP contribution in [0.15, 0.2) is 0 Å². The Bertz CT molecular complexity index is 332. The molecule has 138 valence electrons. The molecule has 0 aromatic rings. The molecule has 1 saturated heterocycles. The number of nitrogens with two attached hydrogens (primary N) is 1. The van der Waals surface area contributed by atoms with E-state index in [0.29, 0.717) is 11.7 Å². The van der Waals surface area contributed by atoms with Crippen LogP contribution in [0.5, 0.6) is 0 Å². The fourth-order valence-corrected chi connectivity index (χ4v) is 6.60. The smallest absolute Gasteiger partial charge is 0.303 e. The number of carboxylic acids is 1. The predicted molar refractivity (Wildman–Crippen MR) is 109 cm³/mol. The van der Waals surface area contributed by atoms with Crippen LogP contribution in [0.25, 0.3) is 0 Å². The second kappa shape index (κ2) is 14.4. The molecule has 0 amide bonds. The molecule has 0 bridgehead atoms. The van der Waals surface area contributed by atoms with Gasteiger partial charge in [0.05, 0.1) is 7.85 Å². The lowest BCUT2D eigenvalue weighted by Gasteiger charge is -2.18. The van der Waals surface area contributed by atoms with Crippen molar-refractivity contribution >= 4 is 35.4 Å². The molecule has 6 heteroatoms. The summed E-state index contributed by atoms with van der Waals surface area (Å²) in [4.78, 5) is 10.6. The van der Waals surface area contributed by atoms with Crippen LogP contribution in [-0.4, -0.2) is 35.4 Å². The number of rotatable bonds is 11. The van der Waals surface area contributed by atoms with Gasteiger partial charge in [-0.15, -0.1) is 0 Å². The molecule has 3 unspecified atom stereocenters. The maximum Gasteiger partial charge on any atom is 0.303 e. The van der Waals surface area contributed by atoms with Gasteiger partial charge in [0.25, 0.3) is 0 Å². The highest BCUT2D eigenvalue weighted by molar-refractivity contribution is 8.77. The normalized spacial score (nSPS) is 23.9. The Morgan fingerprint density at radius 3 is 2.12 bits per heavy atom. The highest BCUT2D eigenvalue weighted by atomic mass is 33.1. The molecule has 1 heterocycles. The fraction of sp³-hybridized carbons (Fsp3) is 0.944. The van der Waals surface area contributed by atoms with E-state index in [2.05, 4.69) is 21.6 Å². The molecular formula is C18H34BNO2S2. The zero-order chi connectivity index (χ0) is 17.6. The first-order valence-corrected chi connectivity index (χ1v) is 11.9. The number of hydrogen-bond donors (Lipinski definition) is 2. The van der Waals surface area contributed by atoms with E-state index in [1.54, 1.807) is 0 Å². The van der Waals surface area contributed by atoms with E-state index < -0.39 is 5.97 Å². The quantitative estimate of drug-likeness (QED) is 0.300. The van der Waals surface area contributed by atoms with Gasteiger partial charge < -0.3 is 10.8 Å². The van der Waals surface area contributed by atoms with E-state index in [1.165, 1.54) is 57.8 Å². The van der Waals surface area contributed by atoms with Gasteiger partial charge in [-0.1, -0.05) is 66.5 Å². The minimum Gasteiger partial charge on any atom is -0.481 e. The zero-order valence-electron chi connectivity index (χ0n) is 15.0. The fourth-order valence-electron chi connectivity index (χ4n) is 3.14. The molecule has 0 spiro atoms. The largest absolute Gasteiger partial charge is 0.481 e. The maximum absolute atomic E-state index is 10.6. The van der Waals surface area contributed by atoms with Gasteiger partial charge in [-0.05, 0) is 44.5 Å².